The quantitative estimate of drug-likeness (QED) is 0.901. The first kappa shape index (κ1) is 12.4. The first-order valence-electron chi connectivity index (χ1n) is 7.00. The number of rotatable bonds is 4. The minimum absolute atomic E-state index is 0.819. The maximum absolute atomic E-state index is 4.41. The smallest absolute Gasteiger partial charge is 0.182 e. The fourth-order valence-corrected chi connectivity index (χ4v) is 3.96. The van der Waals surface area contributed by atoms with E-state index in [1.54, 1.807) is 11.3 Å². The second-order valence-corrected chi connectivity index (χ2v) is 6.34. The summed E-state index contributed by atoms with van der Waals surface area (Å²) >= 11 is 1.80. The number of nitrogens with zero attached hydrogens (tertiary/aromatic N) is 3. The van der Waals surface area contributed by atoms with Crippen molar-refractivity contribution in [2.75, 3.05) is 38.0 Å². The van der Waals surface area contributed by atoms with Crippen molar-refractivity contribution in [2.45, 2.75) is 32.4 Å². The first-order valence-corrected chi connectivity index (χ1v) is 7.82. The van der Waals surface area contributed by atoms with Gasteiger partial charge in [0.05, 0.1) is 0 Å². The molecular formula is C13H22N4S. The summed E-state index contributed by atoms with van der Waals surface area (Å²) in [6.45, 7) is 9.17. The molecule has 0 saturated carbocycles. The van der Waals surface area contributed by atoms with Crippen LogP contribution in [0.25, 0.3) is 0 Å². The van der Waals surface area contributed by atoms with Crippen LogP contribution in [0.5, 0.6) is 0 Å². The Labute approximate surface area is 113 Å². The van der Waals surface area contributed by atoms with Crippen molar-refractivity contribution in [3.05, 3.63) is 11.1 Å². The van der Waals surface area contributed by atoms with E-state index in [-0.39, 0.29) is 0 Å². The third-order valence-electron chi connectivity index (χ3n) is 3.93. The van der Waals surface area contributed by atoms with Gasteiger partial charge in [-0.1, -0.05) is 0 Å². The molecule has 0 aromatic carbocycles. The van der Waals surface area contributed by atoms with E-state index in [0.29, 0.717) is 0 Å². The van der Waals surface area contributed by atoms with Gasteiger partial charge in [-0.05, 0) is 26.3 Å². The summed E-state index contributed by atoms with van der Waals surface area (Å²) < 4.78 is 0. The number of piperazine rings is 1. The van der Waals surface area contributed by atoms with E-state index in [2.05, 4.69) is 27.0 Å². The molecule has 0 spiro atoms. The Kier molecular flexibility index (Phi) is 3.82. The van der Waals surface area contributed by atoms with Crippen molar-refractivity contribution in [3.8, 4) is 0 Å². The molecule has 1 aromatic heterocycles. The lowest BCUT2D eigenvalue weighted by Crippen LogP contribution is -2.49. The molecular weight excluding hydrogens is 244 g/mol. The standard InChI is InChI=1S/C13H22N4S/c1-2-14-13-15-8-12(18-13)10-16-6-7-17-5-3-4-11(17)9-16/h8,11H,2-7,9-10H2,1H3,(H,14,15). The Balaban J connectivity index is 1.55. The summed E-state index contributed by atoms with van der Waals surface area (Å²) in [4.78, 5) is 11.0. The molecule has 1 N–H and O–H groups in total. The van der Waals surface area contributed by atoms with E-state index in [1.165, 1.54) is 43.9 Å². The van der Waals surface area contributed by atoms with Crippen LogP contribution in [0.4, 0.5) is 5.13 Å². The second-order valence-electron chi connectivity index (χ2n) is 5.23. The summed E-state index contributed by atoms with van der Waals surface area (Å²) in [5.74, 6) is 0. The van der Waals surface area contributed by atoms with Gasteiger partial charge in [0.1, 0.15) is 0 Å². The number of anilines is 1. The van der Waals surface area contributed by atoms with Crippen LogP contribution in [0.1, 0.15) is 24.6 Å². The zero-order valence-corrected chi connectivity index (χ0v) is 11.9. The largest absolute Gasteiger partial charge is 0.362 e. The highest BCUT2D eigenvalue weighted by atomic mass is 32.1. The average Bonchev–Trinajstić information content (AvgIpc) is 2.98. The number of nitrogens with one attached hydrogen (secondary N) is 1. The van der Waals surface area contributed by atoms with Crippen LogP contribution < -0.4 is 5.32 Å². The summed E-state index contributed by atoms with van der Waals surface area (Å²) in [6, 6.07) is 0.819. The van der Waals surface area contributed by atoms with Crippen LogP contribution in [0, 0.1) is 0 Å². The molecule has 1 aromatic rings. The normalized spacial score (nSPS) is 25.3. The van der Waals surface area contributed by atoms with Crippen LogP contribution in [0.2, 0.25) is 0 Å². The Morgan fingerprint density at radius 3 is 3.28 bits per heavy atom. The van der Waals surface area contributed by atoms with Crippen molar-refractivity contribution in [1.29, 1.82) is 0 Å². The van der Waals surface area contributed by atoms with Crippen LogP contribution >= 0.6 is 11.3 Å². The molecule has 1 unspecified atom stereocenters. The van der Waals surface area contributed by atoms with Gasteiger partial charge in [0.25, 0.3) is 0 Å². The molecule has 5 heteroatoms. The lowest BCUT2D eigenvalue weighted by atomic mass is 10.1. The summed E-state index contributed by atoms with van der Waals surface area (Å²) in [5, 5.41) is 4.34. The van der Waals surface area contributed by atoms with E-state index in [4.69, 9.17) is 0 Å². The van der Waals surface area contributed by atoms with Gasteiger partial charge in [-0.15, -0.1) is 11.3 Å². The highest BCUT2D eigenvalue weighted by Gasteiger charge is 2.30. The van der Waals surface area contributed by atoms with Crippen molar-refractivity contribution >= 4 is 16.5 Å². The van der Waals surface area contributed by atoms with E-state index in [1.807, 2.05) is 6.20 Å². The summed E-state index contributed by atoms with van der Waals surface area (Å²) in [6.07, 6.45) is 4.81. The Hall–Kier alpha value is -0.650. The van der Waals surface area contributed by atoms with Gasteiger partial charge in [0, 0.05) is 49.8 Å². The van der Waals surface area contributed by atoms with Gasteiger partial charge in [0.15, 0.2) is 5.13 Å². The lowest BCUT2D eigenvalue weighted by molar-refractivity contribution is 0.100. The molecule has 18 heavy (non-hydrogen) atoms. The van der Waals surface area contributed by atoms with Gasteiger partial charge in [-0.2, -0.15) is 0 Å². The third-order valence-corrected chi connectivity index (χ3v) is 4.87. The molecule has 1 atom stereocenters. The topological polar surface area (TPSA) is 31.4 Å². The minimum atomic E-state index is 0.819. The molecule has 100 valence electrons. The maximum Gasteiger partial charge on any atom is 0.182 e. The molecule has 2 saturated heterocycles. The van der Waals surface area contributed by atoms with Gasteiger partial charge < -0.3 is 5.32 Å². The zero-order valence-electron chi connectivity index (χ0n) is 11.1. The molecule has 2 aliphatic heterocycles. The zero-order chi connectivity index (χ0) is 12.4. The summed E-state index contributed by atoms with van der Waals surface area (Å²) in [7, 11) is 0. The Morgan fingerprint density at radius 1 is 1.44 bits per heavy atom. The molecule has 3 rings (SSSR count). The van der Waals surface area contributed by atoms with E-state index in [0.717, 1.165) is 24.3 Å². The van der Waals surface area contributed by atoms with E-state index in [9.17, 15) is 0 Å². The molecule has 4 nitrogen and oxygen atoms in total. The van der Waals surface area contributed by atoms with Gasteiger partial charge in [-0.25, -0.2) is 4.98 Å². The van der Waals surface area contributed by atoms with Crippen molar-refractivity contribution in [3.63, 3.8) is 0 Å². The first-order chi connectivity index (χ1) is 8.85. The summed E-state index contributed by atoms with van der Waals surface area (Å²) in [5.41, 5.74) is 0. The number of thiazole rings is 1. The fraction of sp³-hybridized carbons (Fsp3) is 0.769. The minimum Gasteiger partial charge on any atom is -0.362 e. The Morgan fingerprint density at radius 2 is 2.39 bits per heavy atom. The van der Waals surface area contributed by atoms with Crippen LogP contribution in [-0.2, 0) is 6.54 Å². The molecule has 0 aliphatic carbocycles. The van der Waals surface area contributed by atoms with Crippen molar-refractivity contribution in [1.82, 2.24) is 14.8 Å². The number of aromatic nitrogens is 1. The molecule has 2 aliphatic rings. The van der Waals surface area contributed by atoms with E-state index >= 15 is 0 Å². The monoisotopic (exact) mass is 266 g/mol. The second kappa shape index (κ2) is 5.55. The fourth-order valence-electron chi connectivity index (χ4n) is 3.03. The molecule has 3 heterocycles. The SMILES string of the molecule is CCNc1ncc(CN2CCN3CCCC3C2)s1. The van der Waals surface area contributed by atoms with Crippen LogP contribution in [0.3, 0.4) is 0 Å². The van der Waals surface area contributed by atoms with Gasteiger partial charge in [-0.3, -0.25) is 9.80 Å². The van der Waals surface area contributed by atoms with E-state index < -0.39 is 0 Å². The van der Waals surface area contributed by atoms with Gasteiger partial charge in [0.2, 0.25) is 0 Å². The lowest BCUT2D eigenvalue weighted by Gasteiger charge is -2.37. The molecule has 2 fully saturated rings. The number of hydrogen-bond acceptors (Lipinski definition) is 5. The molecule has 0 bridgehead atoms. The van der Waals surface area contributed by atoms with Crippen LogP contribution in [-0.4, -0.2) is 53.5 Å². The Bertz CT molecular complexity index is 392. The average molecular weight is 266 g/mol. The highest BCUT2D eigenvalue weighted by molar-refractivity contribution is 7.15. The van der Waals surface area contributed by atoms with Crippen LogP contribution in [0.15, 0.2) is 6.20 Å². The number of hydrogen-bond donors (Lipinski definition) is 1. The van der Waals surface area contributed by atoms with Crippen molar-refractivity contribution < 1.29 is 0 Å². The van der Waals surface area contributed by atoms with Crippen molar-refractivity contribution in [2.24, 2.45) is 0 Å². The maximum atomic E-state index is 4.41. The predicted octanol–water partition coefficient (Wildman–Crippen LogP) is 1.85. The highest BCUT2D eigenvalue weighted by Crippen LogP contribution is 2.24. The van der Waals surface area contributed by atoms with Gasteiger partial charge >= 0.3 is 0 Å². The predicted molar refractivity (Wildman–Crippen MR) is 76.1 cm³/mol. The number of fused-ring (bicyclic) bond motifs is 1. The molecule has 0 radical (unpaired) electrons. The molecule has 0 amide bonds. The third kappa shape index (κ3) is 2.68.